The van der Waals surface area contributed by atoms with E-state index >= 15 is 0 Å². The minimum atomic E-state index is -0.406. The molecule has 0 saturated carbocycles. The fourth-order valence-electron chi connectivity index (χ4n) is 0.791. The minimum Gasteiger partial charge on any atom is -0.447 e. The summed E-state index contributed by atoms with van der Waals surface area (Å²) in [4.78, 5) is 10.6. The van der Waals surface area contributed by atoms with Gasteiger partial charge in [0.25, 0.3) is 0 Å². The van der Waals surface area contributed by atoms with Crippen molar-refractivity contribution in [2.45, 2.75) is 25.6 Å². The fraction of sp³-hybridized carbons (Fsp3) is 0.857. The summed E-state index contributed by atoms with van der Waals surface area (Å²) in [5.74, 6) is 0. The molecule has 1 amide bonds. The molecule has 0 aliphatic carbocycles. The SMILES string of the molecule is CNC(=O)OC[C@@H]1OC1(C)C. The van der Waals surface area contributed by atoms with Crippen LogP contribution in [0.4, 0.5) is 4.79 Å². The van der Waals surface area contributed by atoms with E-state index in [-0.39, 0.29) is 11.7 Å². The third-order valence-corrected chi connectivity index (χ3v) is 1.73. The second kappa shape index (κ2) is 2.70. The van der Waals surface area contributed by atoms with E-state index in [9.17, 15) is 4.79 Å². The van der Waals surface area contributed by atoms with Gasteiger partial charge in [0.05, 0.1) is 5.60 Å². The number of carbonyl (C=O) groups is 1. The molecule has 1 aliphatic heterocycles. The summed E-state index contributed by atoms with van der Waals surface area (Å²) in [6.45, 7) is 4.27. The largest absolute Gasteiger partial charge is 0.447 e. The summed E-state index contributed by atoms with van der Waals surface area (Å²) < 4.78 is 9.97. The molecule has 0 aromatic rings. The standard InChI is InChI=1S/C7H13NO3/c1-7(2)5(11-7)4-10-6(9)8-3/h5H,4H2,1-3H3,(H,8,9)/t5-/m0/s1. The maximum atomic E-state index is 10.6. The molecule has 1 rings (SSSR count). The molecule has 0 aromatic carbocycles. The number of nitrogens with one attached hydrogen (secondary N) is 1. The van der Waals surface area contributed by atoms with Crippen molar-refractivity contribution in [3.05, 3.63) is 0 Å². The van der Waals surface area contributed by atoms with Gasteiger partial charge in [-0.15, -0.1) is 0 Å². The van der Waals surface area contributed by atoms with Gasteiger partial charge >= 0.3 is 6.09 Å². The average molecular weight is 159 g/mol. The van der Waals surface area contributed by atoms with Crippen molar-refractivity contribution in [3.63, 3.8) is 0 Å². The maximum absolute atomic E-state index is 10.6. The van der Waals surface area contributed by atoms with E-state index in [1.165, 1.54) is 7.05 Å². The van der Waals surface area contributed by atoms with Gasteiger partial charge in [0.2, 0.25) is 0 Å². The second-order valence-corrected chi connectivity index (χ2v) is 3.06. The lowest BCUT2D eigenvalue weighted by molar-refractivity contribution is 0.138. The Labute approximate surface area is 65.9 Å². The quantitative estimate of drug-likeness (QED) is 0.597. The number of hydrogen-bond donors (Lipinski definition) is 1. The summed E-state index contributed by atoms with van der Waals surface area (Å²) in [5.41, 5.74) is -0.103. The summed E-state index contributed by atoms with van der Waals surface area (Å²) in [6, 6.07) is 0. The summed E-state index contributed by atoms with van der Waals surface area (Å²) in [7, 11) is 1.53. The van der Waals surface area contributed by atoms with Crippen LogP contribution < -0.4 is 5.32 Å². The van der Waals surface area contributed by atoms with Gasteiger partial charge in [0.15, 0.2) is 0 Å². The normalized spacial score (nSPS) is 25.9. The third-order valence-electron chi connectivity index (χ3n) is 1.73. The van der Waals surface area contributed by atoms with Gasteiger partial charge in [-0.25, -0.2) is 4.79 Å². The summed E-state index contributed by atoms with van der Waals surface area (Å²) in [5, 5.41) is 2.36. The van der Waals surface area contributed by atoms with E-state index in [4.69, 9.17) is 9.47 Å². The summed E-state index contributed by atoms with van der Waals surface area (Å²) >= 11 is 0. The first kappa shape index (κ1) is 8.33. The molecule has 4 nitrogen and oxygen atoms in total. The van der Waals surface area contributed by atoms with Gasteiger partial charge in [-0.05, 0) is 13.8 Å². The van der Waals surface area contributed by atoms with E-state index in [1.54, 1.807) is 0 Å². The molecule has 1 atom stereocenters. The number of epoxide rings is 1. The molecular formula is C7H13NO3. The third kappa shape index (κ3) is 2.08. The summed E-state index contributed by atoms with van der Waals surface area (Å²) in [6.07, 6.45) is -0.337. The van der Waals surface area contributed by atoms with Crippen LogP contribution in [-0.2, 0) is 9.47 Å². The Morgan fingerprint density at radius 2 is 2.27 bits per heavy atom. The maximum Gasteiger partial charge on any atom is 0.406 e. The second-order valence-electron chi connectivity index (χ2n) is 3.06. The number of amides is 1. The molecule has 0 bridgehead atoms. The van der Waals surface area contributed by atoms with Crippen molar-refractivity contribution in [2.24, 2.45) is 0 Å². The Bertz CT molecular complexity index is 167. The monoisotopic (exact) mass is 159 g/mol. The minimum absolute atomic E-state index is 0.0693. The molecule has 0 radical (unpaired) electrons. The molecule has 1 N–H and O–H groups in total. The van der Waals surface area contributed by atoms with Gasteiger partial charge in [0, 0.05) is 7.05 Å². The molecule has 11 heavy (non-hydrogen) atoms. The Kier molecular flexibility index (Phi) is 2.04. The van der Waals surface area contributed by atoms with Crippen LogP contribution in [0.5, 0.6) is 0 Å². The van der Waals surface area contributed by atoms with Crippen LogP contribution in [0.3, 0.4) is 0 Å². The van der Waals surface area contributed by atoms with Gasteiger partial charge in [-0.1, -0.05) is 0 Å². The van der Waals surface area contributed by atoms with Crippen LogP contribution in [-0.4, -0.2) is 31.5 Å². The Morgan fingerprint density at radius 3 is 2.64 bits per heavy atom. The van der Waals surface area contributed by atoms with Gasteiger partial charge in [0.1, 0.15) is 12.7 Å². The van der Waals surface area contributed by atoms with Crippen molar-refractivity contribution in [2.75, 3.05) is 13.7 Å². The molecule has 0 aromatic heterocycles. The lowest BCUT2D eigenvalue weighted by atomic mass is 10.1. The van der Waals surface area contributed by atoms with E-state index < -0.39 is 6.09 Å². The molecule has 1 heterocycles. The lowest BCUT2D eigenvalue weighted by Crippen LogP contribution is -2.22. The first-order valence-electron chi connectivity index (χ1n) is 3.58. The number of carbonyl (C=O) groups excluding carboxylic acids is 1. The van der Waals surface area contributed by atoms with Crippen molar-refractivity contribution in [1.82, 2.24) is 5.32 Å². The highest BCUT2D eigenvalue weighted by molar-refractivity contribution is 5.66. The number of ether oxygens (including phenoxy) is 2. The van der Waals surface area contributed by atoms with Gasteiger partial charge in [-0.3, -0.25) is 0 Å². The predicted octanol–water partition coefficient (Wildman–Crippen LogP) is 0.520. The van der Waals surface area contributed by atoms with E-state index in [0.29, 0.717) is 6.61 Å². The molecule has 1 saturated heterocycles. The molecule has 4 heteroatoms. The van der Waals surface area contributed by atoms with Crippen molar-refractivity contribution in [1.29, 1.82) is 0 Å². The zero-order valence-electron chi connectivity index (χ0n) is 7.01. The Morgan fingerprint density at radius 1 is 1.73 bits per heavy atom. The topological polar surface area (TPSA) is 50.9 Å². The van der Waals surface area contributed by atoms with Crippen molar-refractivity contribution >= 4 is 6.09 Å². The fourth-order valence-corrected chi connectivity index (χ4v) is 0.791. The molecular weight excluding hydrogens is 146 g/mol. The molecule has 0 unspecified atom stereocenters. The number of hydrogen-bond acceptors (Lipinski definition) is 3. The molecule has 1 fully saturated rings. The number of alkyl carbamates (subject to hydrolysis) is 1. The molecule has 0 spiro atoms. The van der Waals surface area contributed by atoms with Crippen LogP contribution >= 0.6 is 0 Å². The highest BCUT2D eigenvalue weighted by Crippen LogP contribution is 2.35. The zero-order chi connectivity index (χ0) is 8.48. The van der Waals surface area contributed by atoms with Crippen LogP contribution in [0.2, 0.25) is 0 Å². The van der Waals surface area contributed by atoms with E-state index in [1.807, 2.05) is 13.8 Å². The average Bonchev–Trinajstić information content (AvgIpc) is 2.54. The van der Waals surface area contributed by atoms with Crippen LogP contribution in [0.25, 0.3) is 0 Å². The molecule has 64 valence electrons. The Balaban J connectivity index is 2.11. The van der Waals surface area contributed by atoms with Crippen LogP contribution in [0.1, 0.15) is 13.8 Å². The van der Waals surface area contributed by atoms with Crippen molar-refractivity contribution < 1.29 is 14.3 Å². The van der Waals surface area contributed by atoms with Crippen LogP contribution in [0, 0.1) is 0 Å². The van der Waals surface area contributed by atoms with Crippen LogP contribution in [0.15, 0.2) is 0 Å². The first-order chi connectivity index (χ1) is 5.06. The number of rotatable bonds is 2. The highest BCUT2D eigenvalue weighted by atomic mass is 16.6. The zero-order valence-corrected chi connectivity index (χ0v) is 7.01. The highest BCUT2D eigenvalue weighted by Gasteiger charge is 2.48. The lowest BCUT2D eigenvalue weighted by Gasteiger charge is -2.00. The Hall–Kier alpha value is -0.770. The molecule has 1 aliphatic rings. The smallest absolute Gasteiger partial charge is 0.406 e. The first-order valence-corrected chi connectivity index (χ1v) is 3.58. The van der Waals surface area contributed by atoms with Gasteiger partial charge < -0.3 is 14.8 Å². The van der Waals surface area contributed by atoms with Crippen molar-refractivity contribution in [3.8, 4) is 0 Å². The predicted molar refractivity (Wildman–Crippen MR) is 39.4 cm³/mol. The van der Waals surface area contributed by atoms with E-state index in [0.717, 1.165) is 0 Å². The van der Waals surface area contributed by atoms with E-state index in [2.05, 4.69) is 5.32 Å². The van der Waals surface area contributed by atoms with Gasteiger partial charge in [-0.2, -0.15) is 0 Å².